The molecule has 17 heavy (non-hydrogen) atoms. The lowest BCUT2D eigenvalue weighted by atomic mass is 10.3. The molecule has 0 unspecified atom stereocenters. The van der Waals surface area contributed by atoms with E-state index in [2.05, 4.69) is 5.32 Å². The number of rotatable bonds is 3. The molecule has 0 spiro atoms. The van der Waals surface area contributed by atoms with Crippen LogP contribution < -0.4 is 5.32 Å². The monoisotopic (exact) mass is 289 g/mol. The van der Waals surface area contributed by atoms with E-state index in [0.29, 0.717) is 20.8 Å². The second kappa shape index (κ2) is 6.70. The molecular formula is C12H10Cl3NO. The number of carbonyl (C=O) groups excluding carboxylic acids is 1. The Morgan fingerprint density at radius 1 is 1.12 bits per heavy atom. The van der Waals surface area contributed by atoms with Crippen molar-refractivity contribution in [1.29, 1.82) is 0 Å². The Bertz CT molecular complexity index is 481. The summed E-state index contributed by atoms with van der Waals surface area (Å²) in [6, 6.07) is 2.99. The molecule has 1 rings (SSSR count). The molecule has 0 heterocycles. The van der Waals surface area contributed by atoms with Gasteiger partial charge in [-0.1, -0.05) is 53.0 Å². The number of benzene rings is 1. The van der Waals surface area contributed by atoms with E-state index in [1.54, 1.807) is 12.2 Å². The van der Waals surface area contributed by atoms with E-state index < -0.39 is 0 Å². The van der Waals surface area contributed by atoms with Crippen LogP contribution in [0.4, 0.5) is 5.69 Å². The van der Waals surface area contributed by atoms with Crippen LogP contribution >= 0.6 is 34.8 Å². The highest BCUT2D eigenvalue weighted by Gasteiger charge is 2.07. The Hall–Kier alpha value is -0.960. The Kier molecular flexibility index (Phi) is 5.56. The molecule has 5 heteroatoms. The van der Waals surface area contributed by atoms with Crippen molar-refractivity contribution in [2.45, 2.75) is 6.92 Å². The Morgan fingerprint density at radius 3 is 2.41 bits per heavy atom. The van der Waals surface area contributed by atoms with Crippen molar-refractivity contribution in [1.82, 2.24) is 0 Å². The van der Waals surface area contributed by atoms with Gasteiger partial charge in [-0.05, 0) is 19.1 Å². The SMILES string of the molecule is CC=CC=CC(=O)Nc1cc(Cl)c(Cl)cc1Cl. The predicted octanol–water partition coefficient (Wildman–Crippen LogP) is 4.72. The molecule has 0 aliphatic rings. The molecule has 1 aromatic carbocycles. The quantitative estimate of drug-likeness (QED) is 0.487. The van der Waals surface area contributed by atoms with Gasteiger partial charge in [-0.3, -0.25) is 4.79 Å². The Balaban J connectivity index is 2.82. The maximum absolute atomic E-state index is 11.5. The van der Waals surface area contributed by atoms with Gasteiger partial charge < -0.3 is 5.32 Å². The van der Waals surface area contributed by atoms with Gasteiger partial charge in [-0.15, -0.1) is 0 Å². The molecule has 0 radical (unpaired) electrons. The van der Waals surface area contributed by atoms with Gasteiger partial charge in [0.15, 0.2) is 0 Å². The summed E-state index contributed by atoms with van der Waals surface area (Å²) in [5.41, 5.74) is 0.427. The second-order valence-electron chi connectivity index (χ2n) is 3.12. The number of halogens is 3. The predicted molar refractivity (Wildman–Crippen MR) is 74.1 cm³/mol. The zero-order chi connectivity index (χ0) is 12.8. The average molecular weight is 291 g/mol. The largest absolute Gasteiger partial charge is 0.321 e. The molecular weight excluding hydrogens is 280 g/mol. The van der Waals surface area contributed by atoms with Crippen LogP contribution in [-0.4, -0.2) is 5.91 Å². The van der Waals surface area contributed by atoms with E-state index in [4.69, 9.17) is 34.8 Å². The standard InChI is InChI=1S/C12H10Cl3NO/c1-2-3-4-5-12(17)16-11-7-9(14)8(13)6-10(11)15/h2-7H,1H3,(H,16,17). The van der Waals surface area contributed by atoms with E-state index in [1.807, 2.05) is 13.0 Å². The molecule has 0 aliphatic heterocycles. The minimum absolute atomic E-state index is 0.289. The Morgan fingerprint density at radius 2 is 1.76 bits per heavy atom. The molecule has 1 N–H and O–H groups in total. The molecule has 2 nitrogen and oxygen atoms in total. The molecule has 1 aromatic rings. The van der Waals surface area contributed by atoms with E-state index in [0.717, 1.165) is 0 Å². The molecule has 0 bridgehead atoms. The summed E-state index contributed by atoms with van der Waals surface area (Å²) in [6.45, 7) is 1.86. The summed E-state index contributed by atoms with van der Waals surface area (Å²) in [5.74, 6) is -0.289. The lowest BCUT2D eigenvalue weighted by Crippen LogP contribution is -2.08. The molecule has 0 aliphatic carbocycles. The van der Waals surface area contributed by atoms with E-state index in [9.17, 15) is 4.79 Å². The number of allylic oxidation sites excluding steroid dienone is 3. The van der Waals surface area contributed by atoms with Crippen LogP contribution in [0.2, 0.25) is 15.1 Å². The molecule has 90 valence electrons. The van der Waals surface area contributed by atoms with Crippen LogP contribution in [-0.2, 0) is 4.79 Å². The van der Waals surface area contributed by atoms with Crippen molar-refractivity contribution >= 4 is 46.4 Å². The van der Waals surface area contributed by atoms with Crippen LogP contribution in [0, 0.1) is 0 Å². The van der Waals surface area contributed by atoms with Crippen molar-refractivity contribution in [2.24, 2.45) is 0 Å². The van der Waals surface area contributed by atoms with Gasteiger partial charge in [0.2, 0.25) is 5.91 Å². The summed E-state index contributed by atoms with van der Waals surface area (Å²) in [5, 5.41) is 3.63. The average Bonchev–Trinajstić information content (AvgIpc) is 2.26. The zero-order valence-corrected chi connectivity index (χ0v) is 11.3. The highest BCUT2D eigenvalue weighted by atomic mass is 35.5. The highest BCUT2D eigenvalue weighted by molar-refractivity contribution is 6.44. The van der Waals surface area contributed by atoms with Crippen LogP contribution in [0.15, 0.2) is 36.4 Å². The third kappa shape index (κ3) is 4.43. The minimum atomic E-state index is -0.289. The van der Waals surface area contributed by atoms with Crippen molar-refractivity contribution in [3.8, 4) is 0 Å². The first-order valence-electron chi connectivity index (χ1n) is 4.79. The molecule has 0 saturated carbocycles. The van der Waals surface area contributed by atoms with Crippen LogP contribution in [0.3, 0.4) is 0 Å². The molecule has 0 fully saturated rings. The maximum atomic E-state index is 11.5. The fraction of sp³-hybridized carbons (Fsp3) is 0.0833. The lowest BCUT2D eigenvalue weighted by molar-refractivity contribution is -0.111. The number of amides is 1. The lowest BCUT2D eigenvalue weighted by Gasteiger charge is -2.06. The van der Waals surface area contributed by atoms with Crippen molar-refractivity contribution in [3.63, 3.8) is 0 Å². The fourth-order valence-electron chi connectivity index (χ4n) is 1.05. The maximum Gasteiger partial charge on any atom is 0.248 e. The second-order valence-corrected chi connectivity index (χ2v) is 4.34. The number of hydrogen-bond donors (Lipinski definition) is 1. The van der Waals surface area contributed by atoms with Gasteiger partial charge in [-0.25, -0.2) is 0 Å². The minimum Gasteiger partial charge on any atom is -0.321 e. The van der Waals surface area contributed by atoms with Gasteiger partial charge in [0.1, 0.15) is 0 Å². The van der Waals surface area contributed by atoms with Gasteiger partial charge in [0, 0.05) is 6.08 Å². The van der Waals surface area contributed by atoms with Gasteiger partial charge in [0.25, 0.3) is 0 Å². The number of carbonyl (C=O) groups is 1. The summed E-state index contributed by atoms with van der Waals surface area (Å²) < 4.78 is 0. The normalized spacial score (nSPS) is 11.3. The van der Waals surface area contributed by atoms with Gasteiger partial charge in [-0.2, -0.15) is 0 Å². The number of hydrogen-bond acceptors (Lipinski definition) is 1. The van der Waals surface area contributed by atoms with E-state index in [1.165, 1.54) is 18.2 Å². The van der Waals surface area contributed by atoms with Gasteiger partial charge >= 0.3 is 0 Å². The first-order valence-corrected chi connectivity index (χ1v) is 5.93. The van der Waals surface area contributed by atoms with Crippen molar-refractivity contribution in [2.75, 3.05) is 5.32 Å². The first kappa shape index (κ1) is 14.1. The van der Waals surface area contributed by atoms with Crippen LogP contribution in [0.25, 0.3) is 0 Å². The molecule has 0 saturated heterocycles. The Labute approximate surface area is 115 Å². The summed E-state index contributed by atoms with van der Waals surface area (Å²) in [4.78, 5) is 11.5. The van der Waals surface area contributed by atoms with E-state index >= 15 is 0 Å². The summed E-state index contributed by atoms with van der Waals surface area (Å²) in [7, 11) is 0. The molecule has 1 amide bonds. The molecule has 0 aromatic heterocycles. The van der Waals surface area contributed by atoms with Crippen molar-refractivity contribution in [3.05, 3.63) is 51.5 Å². The zero-order valence-electron chi connectivity index (χ0n) is 9.01. The van der Waals surface area contributed by atoms with Crippen LogP contribution in [0.5, 0.6) is 0 Å². The number of nitrogens with one attached hydrogen (secondary N) is 1. The van der Waals surface area contributed by atoms with Crippen molar-refractivity contribution < 1.29 is 4.79 Å². The first-order chi connectivity index (χ1) is 8.04. The highest BCUT2D eigenvalue weighted by Crippen LogP contribution is 2.32. The smallest absolute Gasteiger partial charge is 0.248 e. The third-order valence-electron chi connectivity index (χ3n) is 1.82. The number of anilines is 1. The summed E-state index contributed by atoms with van der Waals surface area (Å²) in [6.07, 6.45) is 6.57. The van der Waals surface area contributed by atoms with Crippen LogP contribution in [0.1, 0.15) is 6.92 Å². The topological polar surface area (TPSA) is 29.1 Å². The summed E-state index contributed by atoms with van der Waals surface area (Å²) >= 11 is 17.5. The fourth-order valence-corrected chi connectivity index (χ4v) is 1.64. The third-order valence-corrected chi connectivity index (χ3v) is 2.85. The van der Waals surface area contributed by atoms with E-state index in [-0.39, 0.29) is 5.91 Å². The molecule has 0 atom stereocenters. The van der Waals surface area contributed by atoms with Gasteiger partial charge in [0.05, 0.1) is 20.8 Å².